The van der Waals surface area contributed by atoms with Gasteiger partial charge in [-0.2, -0.15) is 0 Å². The van der Waals surface area contributed by atoms with E-state index < -0.39 is 81.0 Å². The number of carbonyl (C=O) groups is 3. The maximum atomic E-state index is 13.3. The molecule has 1 saturated carbocycles. The van der Waals surface area contributed by atoms with Crippen LogP contribution in [0.5, 0.6) is 0 Å². The zero-order chi connectivity index (χ0) is 82.8. The minimum absolute atomic E-state index is 0.0222. The summed E-state index contributed by atoms with van der Waals surface area (Å²) in [5.74, 6) is -2.05. The van der Waals surface area contributed by atoms with E-state index in [1.54, 1.807) is 0 Å². The van der Waals surface area contributed by atoms with Gasteiger partial charge in [-0.1, -0.05) is 27.7 Å². The summed E-state index contributed by atoms with van der Waals surface area (Å²) in [7, 11) is 0. The van der Waals surface area contributed by atoms with Gasteiger partial charge in [0.2, 0.25) is 0 Å². The summed E-state index contributed by atoms with van der Waals surface area (Å²) in [5.41, 5.74) is 23.9. The summed E-state index contributed by atoms with van der Waals surface area (Å²) in [6.45, 7) is 17.1. The number of aliphatic imine (C=N–C) groups is 6. The highest BCUT2D eigenvalue weighted by Crippen LogP contribution is 2.49. The normalized spacial score (nSPS) is 23.7. The molecule has 2 aliphatic carbocycles. The fourth-order valence-corrected chi connectivity index (χ4v) is 16.0. The van der Waals surface area contributed by atoms with Gasteiger partial charge in [0.1, 0.15) is 42.4 Å². The lowest BCUT2D eigenvalue weighted by molar-refractivity contribution is -0.138. The monoisotopic (exact) mass is 1590 g/mol. The van der Waals surface area contributed by atoms with E-state index in [1.807, 2.05) is 78.0 Å². The summed E-state index contributed by atoms with van der Waals surface area (Å²) in [6, 6.07) is -0.611. The number of fused-ring (bicyclic) bond motifs is 10. The van der Waals surface area contributed by atoms with E-state index in [4.69, 9.17) is 58.4 Å². The van der Waals surface area contributed by atoms with E-state index in [-0.39, 0.29) is 134 Å². The zero-order valence-electron chi connectivity index (χ0n) is 66.9. The third-order valence-corrected chi connectivity index (χ3v) is 22.7. The quantitative estimate of drug-likeness (QED) is 0.0297. The fraction of sp³-hybridized carbons (Fsp3) is 0.518. The number of hydrogen-bond donors (Lipinski definition) is 15. The molecule has 6 unspecified atom stereocenters. The summed E-state index contributed by atoms with van der Waals surface area (Å²) >= 11 is 0. The number of carboxylic acid groups (broad SMARTS) is 2. The molecule has 620 valence electrons. The molecule has 0 aromatic carbocycles. The van der Waals surface area contributed by atoms with Crippen molar-refractivity contribution in [2.75, 3.05) is 99.0 Å². The molecule has 0 aromatic heterocycles. The van der Waals surface area contributed by atoms with Crippen LogP contribution in [0.3, 0.4) is 0 Å². The molecule has 0 radical (unpaired) electrons. The van der Waals surface area contributed by atoms with E-state index in [0.29, 0.717) is 75.9 Å². The molecule has 10 aliphatic heterocycles. The third-order valence-electron chi connectivity index (χ3n) is 22.7. The van der Waals surface area contributed by atoms with Crippen molar-refractivity contribution in [3.05, 3.63) is 183 Å². The number of Topliss-reactive ketones (excluding diaryl/α,β-unsaturated/α-hetero) is 1. The lowest BCUT2D eigenvalue weighted by Gasteiger charge is -2.26. The Hall–Kier alpha value is -8.93. The second-order valence-electron chi connectivity index (χ2n) is 30.6. The third kappa shape index (κ3) is 19.7. The van der Waals surface area contributed by atoms with E-state index in [9.17, 15) is 75.7 Å². The topological polar surface area (TPSA) is 460 Å². The number of aliphatic carboxylic acids is 2. The summed E-state index contributed by atoms with van der Waals surface area (Å²) in [5, 5.41) is 129. The summed E-state index contributed by atoms with van der Waals surface area (Å²) in [6.07, 6.45) is 9.47. The van der Waals surface area contributed by atoms with Crippen LogP contribution >= 0.6 is 0 Å². The second-order valence-corrected chi connectivity index (χ2v) is 30.6. The van der Waals surface area contributed by atoms with Crippen molar-refractivity contribution < 1.29 is 104 Å². The van der Waals surface area contributed by atoms with Crippen LogP contribution in [0, 0.1) is 23.7 Å². The number of aliphatic hydroxyl groups is 10. The Morgan fingerprint density at radius 1 is 0.504 bits per heavy atom. The van der Waals surface area contributed by atoms with Crippen molar-refractivity contribution in [1.82, 2.24) is 16.0 Å². The van der Waals surface area contributed by atoms with E-state index in [1.165, 1.54) is 0 Å². The van der Waals surface area contributed by atoms with Gasteiger partial charge < -0.3 is 106 Å². The highest BCUT2D eigenvalue weighted by Gasteiger charge is 2.45. The number of ether oxygens (including phenoxy) is 6. The smallest absolute Gasteiger partial charge is 0.303 e. The van der Waals surface area contributed by atoms with E-state index >= 15 is 0 Å². The Morgan fingerprint density at radius 2 is 0.957 bits per heavy atom. The Labute approximate surface area is 668 Å². The number of hydrogen-bond acceptors (Lipinski definition) is 28. The Balaban J connectivity index is 0.000000271. The molecule has 16 bridgehead atoms. The highest BCUT2D eigenvalue weighted by molar-refractivity contribution is 6.38. The van der Waals surface area contributed by atoms with Gasteiger partial charge in [0, 0.05) is 107 Å². The first-order chi connectivity index (χ1) is 55.1. The minimum Gasteiger partial charge on any atom is -0.515 e. The Morgan fingerprint density at radius 3 is 1.47 bits per heavy atom. The van der Waals surface area contributed by atoms with E-state index in [2.05, 4.69) is 43.6 Å². The standard InChI is InChI=1S/C53H77N5O17.C32H32N4O4/c1-6-39-28(2)44-11-48-42(30(4)43(56-48)10-45-29(3)40(7-8-50(68)69)52(57-45)41-9-49(67)51-31(5)46(58-53(41)51)12-47(39)55-44)13-54-32(18-74-37(24-70-20-33(63)14-59)25-71-21-34(64)15-60)19-75-38(26-72-22-35(65)16-61)27-73-23-36(66)17-62;1-6-18-14(2)23-11-27-21(13-37)16(4)22(34-27)10-24-15(3)19(7-8-29(39)40)31(35-24)20-9-28(38)30-17(5)25(36-32(20)30)12-26(18)33-23/h10-12,29,32-38,40,54,57,59-67H,6-9,13-27H2,1-5H3,(H,68,69);10-13,15,19,35,37H,6-9H2,1-5H3,(H,39,40)/t29-,32?,33?,34?,35?,36?,37?,38?,40?;15-,19?/m00/s1. The van der Waals surface area contributed by atoms with Crippen LogP contribution in [0.15, 0.2) is 213 Å². The maximum Gasteiger partial charge on any atom is 0.303 e. The van der Waals surface area contributed by atoms with Gasteiger partial charge in [0.05, 0.1) is 173 Å². The van der Waals surface area contributed by atoms with Gasteiger partial charge in [-0.25, -0.2) is 30.0 Å². The molecular weight excluding hydrogens is 1480 g/mol. The predicted octanol–water partition coefficient (Wildman–Crippen LogP) is 6.45. The van der Waals surface area contributed by atoms with E-state index in [0.717, 1.165) is 125 Å². The first-order valence-corrected chi connectivity index (χ1v) is 39.4. The zero-order valence-corrected chi connectivity index (χ0v) is 66.9. The minimum atomic E-state index is -1.14. The molecule has 2 saturated heterocycles. The largest absolute Gasteiger partial charge is 0.515 e. The van der Waals surface area contributed by atoms with Crippen LogP contribution in [0.2, 0.25) is 0 Å². The molecule has 0 amide bonds. The fourth-order valence-electron chi connectivity index (χ4n) is 16.0. The number of aliphatic hydroxyl groups excluding tert-OH is 10. The Bertz CT molecular complexity index is 4560. The second kappa shape index (κ2) is 38.9. The first kappa shape index (κ1) is 86.9. The molecule has 12 aliphatic rings. The molecular formula is C85H109N9O21. The van der Waals surface area contributed by atoms with Crippen molar-refractivity contribution in [3.63, 3.8) is 0 Å². The molecule has 0 aromatic rings. The van der Waals surface area contributed by atoms with Crippen molar-refractivity contribution >= 4 is 52.0 Å². The molecule has 8 atom stereocenters. The van der Waals surface area contributed by atoms with Crippen LogP contribution in [0.25, 0.3) is 0 Å². The number of nitrogens with zero attached hydrogens (tertiary/aromatic N) is 6. The molecule has 30 nitrogen and oxygen atoms in total. The van der Waals surface area contributed by atoms with Gasteiger partial charge in [-0.3, -0.25) is 14.4 Å². The van der Waals surface area contributed by atoms with Gasteiger partial charge >= 0.3 is 11.9 Å². The number of ketones is 1. The van der Waals surface area contributed by atoms with Gasteiger partial charge in [-0.05, 0) is 154 Å². The molecule has 3 fully saturated rings. The van der Waals surface area contributed by atoms with Crippen LogP contribution in [-0.2, 0) is 42.8 Å². The number of carbonyl (C=O) groups excluding carboxylic acids is 1. The number of carboxylic acids is 2. The predicted molar refractivity (Wildman–Crippen MR) is 431 cm³/mol. The summed E-state index contributed by atoms with van der Waals surface area (Å²) < 4.78 is 35.3. The van der Waals surface area contributed by atoms with Gasteiger partial charge in [0.25, 0.3) is 0 Å². The van der Waals surface area contributed by atoms with Crippen molar-refractivity contribution in [1.29, 1.82) is 0 Å². The van der Waals surface area contributed by atoms with Crippen molar-refractivity contribution in [2.24, 2.45) is 53.6 Å². The average Bonchev–Trinajstić information content (AvgIpc) is 1.59. The molecule has 10 heterocycles. The summed E-state index contributed by atoms with van der Waals surface area (Å²) in [4.78, 5) is 67.2. The van der Waals surface area contributed by atoms with Gasteiger partial charge in [0.15, 0.2) is 5.78 Å². The first-order valence-electron chi connectivity index (χ1n) is 39.4. The number of allylic oxidation sites excluding steroid dienone is 23. The van der Waals surface area contributed by atoms with Crippen LogP contribution in [0.1, 0.15) is 121 Å². The molecule has 0 spiro atoms. The van der Waals surface area contributed by atoms with Crippen LogP contribution in [0.4, 0.5) is 0 Å². The lowest BCUT2D eigenvalue weighted by Crippen LogP contribution is -2.43. The van der Waals surface area contributed by atoms with Crippen molar-refractivity contribution in [3.8, 4) is 0 Å². The molecule has 115 heavy (non-hydrogen) atoms. The van der Waals surface area contributed by atoms with Crippen LogP contribution < -0.4 is 16.0 Å². The lowest BCUT2D eigenvalue weighted by atomic mass is 9.86. The molecule has 15 N–H and O–H groups in total. The van der Waals surface area contributed by atoms with Crippen molar-refractivity contribution in [2.45, 2.75) is 163 Å². The number of rotatable bonds is 37. The Kier molecular flexibility index (Phi) is 29.4. The highest BCUT2D eigenvalue weighted by atomic mass is 16.6. The average molecular weight is 1590 g/mol. The van der Waals surface area contributed by atoms with Gasteiger partial charge in [-0.15, -0.1) is 0 Å². The molecule has 12 rings (SSSR count). The SMILES string of the molecule is CCC1=C(C)C2=CC3=NC(=C(C)C3=CO)C=C3NC(=C4CC(=O)C5=C(C)C(=CC1=N2)N=C45)C(CCC(=O)O)[C@@H]3C.CCC1=C(C)C2=NC1=CC1=C(C)C3=C(O)CC(=C4NC(=CC5=NC(=C2)C(CNC(COC(COCC(O)CO)COCC(O)CO)COC(COCC(O)CO)COCC(O)CO)=C5C)[C@@H](C)C4CCC(=O)O)C3=N1. The molecule has 30 heteroatoms. The maximum absolute atomic E-state index is 13.3. The number of nitrogens with one attached hydrogen (secondary N) is 3. The van der Waals surface area contributed by atoms with Crippen LogP contribution in [-0.4, -0.2) is 255 Å².